The number of likely N-dealkylation sites (N-methyl/N-ethyl adjacent to an activating group) is 1. The van der Waals surface area contributed by atoms with E-state index in [1.165, 1.54) is 7.11 Å². The first-order valence-electron chi connectivity index (χ1n) is 4.57. The Morgan fingerprint density at radius 2 is 2.31 bits per heavy atom. The van der Waals surface area contributed by atoms with E-state index in [9.17, 15) is 9.90 Å². The number of aliphatic hydroxyl groups is 1. The Labute approximate surface area is 78.5 Å². The molecule has 76 valence electrons. The summed E-state index contributed by atoms with van der Waals surface area (Å²) >= 11 is 0. The van der Waals surface area contributed by atoms with E-state index in [4.69, 9.17) is 0 Å². The van der Waals surface area contributed by atoms with E-state index in [1.54, 1.807) is 0 Å². The highest BCUT2D eigenvalue weighted by Crippen LogP contribution is 2.20. The summed E-state index contributed by atoms with van der Waals surface area (Å²) in [4.78, 5) is 12.9. The smallest absolute Gasteiger partial charge is 0.305 e. The molecule has 1 aliphatic rings. The molecule has 1 rings (SSSR count). The number of methoxy groups -OCH3 is 1. The van der Waals surface area contributed by atoms with Gasteiger partial charge in [0, 0.05) is 19.5 Å². The number of nitrogens with zero attached hydrogens (tertiary/aromatic N) is 1. The van der Waals surface area contributed by atoms with Crippen molar-refractivity contribution in [2.45, 2.75) is 18.9 Å². The van der Waals surface area contributed by atoms with E-state index < -0.39 is 0 Å². The van der Waals surface area contributed by atoms with Crippen molar-refractivity contribution in [2.75, 3.05) is 27.2 Å². The van der Waals surface area contributed by atoms with Crippen LogP contribution in [0.3, 0.4) is 0 Å². The Morgan fingerprint density at radius 1 is 1.62 bits per heavy atom. The van der Waals surface area contributed by atoms with Crippen LogP contribution in [0.4, 0.5) is 0 Å². The van der Waals surface area contributed by atoms with Gasteiger partial charge in [0.1, 0.15) is 0 Å². The molecule has 0 bridgehead atoms. The first-order chi connectivity index (χ1) is 6.13. The monoisotopic (exact) mass is 187 g/mol. The molecule has 0 radical (unpaired) electrons. The van der Waals surface area contributed by atoms with Gasteiger partial charge in [-0.3, -0.25) is 4.79 Å². The second-order valence-corrected chi connectivity index (χ2v) is 3.66. The number of β-amino-alcohol motifs (C(OH)–C–C–N with tert-alkyl or cyclic N) is 1. The second kappa shape index (κ2) is 4.58. The molecular formula is C9H17NO3. The molecule has 0 aromatic rings. The number of rotatable bonds is 3. The zero-order valence-electron chi connectivity index (χ0n) is 8.19. The summed E-state index contributed by atoms with van der Waals surface area (Å²) in [7, 11) is 3.36. The number of aliphatic hydroxyl groups excluding tert-OH is 1. The van der Waals surface area contributed by atoms with E-state index in [0.717, 1.165) is 13.0 Å². The maximum absolute atomic E-state index is 10.8. The van der Waals surface area contributed by atoms with E-state index >= 15 is 0 Å². The fourth-order valence-corrected chi connectivity index (χ4v) is 1.75. The molecule has 0 aromatic carbocycles. The molecule has 0 aromatic heterocycles. The minimum Gasteiger partial charge on any atom is -0.469 e. The van der Waals surface area contributed by atoms with Crippen molar-refractivity contribution >= 4 is 5.97 Å². The van der Waals surface area contributed by atoms with Crippen LogP contribution in [-0.4, -0.2) is 49.3 Å². The van der Waals surface area contributed by atoms with Gasteiger partial charge in [-0.1, -0.05) is 0 Å². The first-order valence-corrected chi connectivity index (χ1v) is 4.57. The number of hydrogen-bond acceptors (Lipinski definition) is 4. The van der Waals surface area contributed by atoms with Crippen LogP contribution in [0.1, 0.15) is 12.8 Å². The summed E-state index contributed by atoms with van der Waals surface area (Å²) in [6, 6.07) is 0. The van der Waals surface area contributed by atoms with Crippen molar-refractivity contribution in [3.8, 4) is 0 Å². The Hall–Kier alpha value is -0.610. The van der Waals surface area contributed by atoms with Gasteiger partial charge in [0.2, 0.25) is 0 Å². The molecule has 0 amide bonds. The molecule has 0 unspecified atom stereocenters. The number of carbonyl (C=O) groups excluding carboxylic acids is 1. The van der Waals surface area contributed by atoms with Gasteiger partial charge in [0.05, 0.1) is 13.2 Å². The van der Waals surface area contributed by atoms with Gasteiger partial charge in [0.25, 0.3) is 0 Å². The van der Waals surface area contributed by atoms with E-state index in [0.29, 0.717) is 13.0 Å². The second-order valence-electron chi connectivity index (χ2n) is 3.66. The number of esters is 1. The predicted molar refractivity (Wildman–Crippen MR) is 48.2 cm³/mol. The molecule has 1 saturated heterocycles. The van der Waals surface area contributed by atoms with Crippen molar-refractivity contribution in [3.63, 3.8) is 0 Å². The minimum atomic E-state index is -0.283. The summed E-state index contributed by atoms with van der Waals surface area (Å²) in [5, 5.41) is 9.55. The quantitative estimate of drug-likeness (QED) is 0.625. The fraction of sp³-hybridized carbons (Fsp3) is 0.889. The van der Waals surface area contributed by atoms with Crippen LogP contribution in [0.25, 0.3) is 0 Å². The number of hydrogen-bond donors (Lipinski definition) is 1. The lowest BCUT2D eigenvalue weighted by molar-refractivity contribution is -0.141. The van der Waals surface area contributed by atoms with Crippen LogP contribution < -0.4 is 0 Å². The Morgan fingerprint density at radius 3 is 2.77 bits per heavy atom. The Bertz CT molecular complexity index is 184. The average molecular weight is 187 g/mol. The summed E-state index contributed by atoms with van der Waals surface area (Å²) in [5.74, 6) is 0.0332. The van der Waals surface area contributed by atoms with Crippen LogP contribution in [0, 0.1) is 5.92 Å². The molecule has 2 atom stereocenters. The third-order valence-electron chi connectivity index (χ3n) is 2.54. The lowest BCUT2D eigenvalue weighted by atomic mass is 10.0. The largest absolute Gasteiger partial charge is 0.469 e. The molecule has 1 N–H and O–H groups in total. The highest BCUT2D eigenvalue weighted by molar-refractivity contribution is 5.69. The molecule has 0 saturated carbocycles. The van der Waals surface area contributed by atoms with E-state index in [-0.39, 0.29) is 18.0 Å². The lowest BCUT2D eigenvalue weighted by Crippen LogP contribution is -2.19. The van der Waals surface area contributed by atoms with Crippen molar-refractivity contribution < 1.29 is 14.6 Å². The standard InChI is InChI=1S/C9H17NO3/c1-10-5-7(8(11)6-10)3-4-9(12)13-2/h7-8,11H,3-6H2,1-2H3/t7-,8-/m0/s1. The maximum Gasteiger partial charge on any atom is 0.305 e. The molecular weight excluding hydrogens is 170 g/mol. The molecule has 1 heterocycles. The highest BCUT2D eigenvalue weighted by Gasteiger charge is 2.29. The maximum atomic E-state index is 10.8. The number of ether oxygens (including phenoxy) is 1. The summed E-state index contributed by atoms with van der Waals surface area (Å²) in [5.41, 5.74) is 0. The third-order valence-corrected chi connectivity index (χ3v) is 2.54. The Balaban J connectivity index is 2.25. The number of likely N-dealkylation sites (tertiary alicyclic amines) is 1. The van der Waals surface area contributed by atoms with Crippen molar-refractivity contribution in [2.24, 2.45) is 5.92 Å². The van der Waals surface area contributed by atoms with Gasteiger partial charge in [-0.2, -0.15) is 0 Å². The SMILES string of the molecule is COC(=O)CC[C@H]1CN(C)C[C@@H]1O. The summed E-state index contributed by atoms with van der Waals surface area (Å²) in [6.07, 6.45) is 0.846. The van der Waals surface area contributed by atoms with Crippen molar-refractivity contribution in [3.05, 3.63) is 0 Å². The highest BCUT2D eigenvalue weighted by atomic mass is 16.5. The predicted octanol–water partition coefficient (Wildman–Crippen LogP) is -0.138. The van der Waals surface area contributed by atoms with Crippen LogP contribution in [0.5, 0.6) is 0 Å². The van der Waals surface area contributed by atoms with Crippen LogP contribution in [0.2, 0.25) is 0 Å². The Kier molecular flexibility index (Phi) is 3.69. The van der Waals surface area contributed by atoms with Crippen molar-refractivity contribution in [1.29, 1.82) is 0 Å². The minimum absolute atomic E-state index is 0.193. The van der Waals surface area contributed by atoms with E-state index in [1.807, 2.05) is 7.05 Å². The molecule has 4 nitrogen and oxygen atoms in total. The first kappa shape index (κ1) is 10.5. The van der Waals surface area contributed by atoms with Crippen LogP contribution in [0.15, 0.2) is 0 Å². The topological polar surface area (TPSA) is 49.8 Å². The van der Waals surface area contributed by atoms with Gasteiger partial charge in [0.15, 0.2) is 0 Å². The van der Waals surface area contributed by atoms with Gasteiger partial charge in [-0.05, 0) is 19.4 Å². The number of carbonyl (C=O) groups is 1. The van der Waals surface area contributed by atoms with Crippen molar-refractivity contribution in [1.82, 2.24) is 4.90 Å². The molecule has 13 heavy (non-hydrogen) atoms. The van der Waals surface area contributed by atoms with Gasteiger partial charge >= 0.3 is 5.97 Å². The zero-order chi connectivity index (χ0) is 9.84. The molecule has 0 aliphatic carbocycles. The molecule has 1 fully saturated rings. The molecule has 1 aliphatic heterocycles. The lowest BCUT2D eigenvalue weighted by Gasteiger charge is -2.11. The van der Waals surface area contributed by atoms with Gasteiger partial charge in [-0.15, -0.1) is 0 Å². The third kappa shape index (κ3) is 2.97. The zero-order valence-corrected chi connectivity index (χ0v) is 8.19. The normalized spacial score (nSPS) is 29.2. The van der Waals surface area contributed by atoms with Crippen LogP contribution in [-0.2, 0) is 9.53 Å². The van der Waals surface area contributed by atoms with Gasteiger partial charge in [-0.25, -0.2) is 0 Å². The summed E-state index contributed by atoms with van der Waals surface area (Å²) in [6.45, 7) is 1.59. The average Bonchev–Trinajstić information content (AvgIpc) is 2.41. The fourth-order valence-electron chi connectivity index (χ4n) is 1.75. The molecule has 0 spiro atoms. The van der Waals surface area contributed by atoms with Gasteiger partial charge < -0.3 is 14.7 Å². The van der Waals surface area contributed by atoms with E-state index in [2.05, 4.69) is 9.64 Å². The summed E-state index contributed by atoms with van der Waals surface area (Å²) < 4.78 is 4.54. The molecule has 4 heteroatoms. The van der Waals surface area contributed by atoms with Crippen LogP contribution >= 0.6 is 0 Å².